The van der Waals surface area contributed by atoms with Crippen molar-refractivity contribution in [3.63, 3.8) is 0 Å². The highest BCUT2D eigenvalue weighted by Crippen LogP contribution is 2.45. The molecule has 0 spiro atoms. The SMILES string of the molecule is C.CC1(C)CCC(c2cc(C(C)(C)C)c3oc(C(=O)N4CCNCC4(C)C)cc3n2)CC1.CC1(C)CCC(c2cc(C(C)(C)C)c3oc(C(=O)O)cc3n2)CC1.Cl.II. The average Bonchev–Trinajstić information content (AvgIpc) is 3.76. The number of carboxylic acids is 1. The lowest BCUT2D eigenvalue weighted by Crippen LogP contribution is -2.59. The molecule has 4 aromatic heterocycles. The molecular formula is C47H71ClI2N4O5. The third kappa shape index (κ3) is 12.1. The smallest absolute Gasteiger partial charge is 0.371 e. The first-order valence-corrected chi connectivity index (χ1v) is 27.0. The Bertz CT molecular complexity index is 2050. The number of pyridine rings is 2. The van der Waals surface area contributed by atoms with Crippen LogP contribution < -0.4 is 5.32 Å². The third-order valence-electron chi connectivity index (χ3n) is 12.6. The number of fused-ring (bicyclic) bond motifs is 2. The molecule has 1 amide bonds. The molecule has 0 unspecified atom stereocenters. The van der Waals surface area contributed by atoms with E-state index in [2.05, 4.69) is 138 Å². The summed E-state index contributed by atoms with van der Waals surface area (Å²) >= 11 is 4.24. The van der Waals surface area contributed by atoms with E-state index in [1.165, 1.54) is 38.5 Å². The molecule has 9 nitrogen and oxygen atoms in total. The molecule has 0 atom stereocenters. The molecular weight excluding hydrogens is 990 g/mol. The standard InChI is InChI=1S/C26H39N3O2.C20H27NO3.CH4.ClH.I2/c1-24(2,3)18-14-19(17-8-10-25(4,5)11-9-17)28-20-15-21(31-22(18)20)23(30)29-13-12-27-16-26(29,6)7;1-19(2,3)13-10-14(12-6-8-20(4,5)9-7-12)21-15-11-16(18(22)23)24-17(13)15;;;1-2/h14-15,17,27H,8-13,16H2,1-7H3;10-12H,6-9H2,1-5H3,(H,22,23);1H4;1H;. The molecule has 0 radical (unpaired) electrons. The fourth-order valence-corrected chi connectivity index (χ4v) is 8.71. The predicted molar refractivity (Wildman–Crippen MR) is 262 cm³/mol. The first-order chi connectivity index (χ1) is 26.4. The van der Waals surface area contributed by atoms with Gasteiger partial charge in [-0.05, 0) is 99.0 Å². The van der Waals surface area contributed by atoms with Gasteiger partial charge in [0.05, 0.1) is 5.54 Å². The van der Waals surface area contributed by atoms with Crippen molar-refractivity contribution in [2.45, 2.75) is 170 Å². The van der Waals surface area contributed by atoms with Crippen molar-refractivity contribution in [3.05, 3.63) is 58.3 Å². The molecule has 2 N–H and O–H groups in total. The predicted octanol–water partition coefficient (Wildman–Crippen LogP) is 14.0. The molecule has 59 heavy (non-hydrogen) atoms. The van der Waals surface area contributed by atoms with Gasteiger partial charge in [0.1, 0.15) is 11.0 Å². The summed E-state index contributed by atoms with van der Waals surface area (Å²) < 4.78 is 11.8. The van der Waals surface area contributed by atoms with Crippen LogP contribution in [0.1, 0.15) is 197 Å². The van der Waals surface area contributed by atoms with Gasteiger partial charge < -0.3 is 24.2 Å². The van der Waals surface area contributed by atoms with Crippen LogP contribution in [0.3, 0.4) is 0 Å². The number of rotatable bonds is 4. The van der Waals surface area contributed by atoms with Crippen LogP contribution in [-0.4, -0.2) is 57.0 Å². The number of amides is 1. The summed E-state index contributed by atoms with van der Waals surface area (Å²) in [5.74, 6) is 0.223. The maximum atomic E-state index is 13.4. The van der Waals surface area contributed by atoms with E-state index in [4.69, 9.17) is 18.8 Å². The second kappa shape index (κ2) is 19.6. The van der Waals surface area contributed by atoms with Crippen molar-refractivity contribution in [1.29, 1.82) is 0 Å². The summed E-state index contributed by atoms with van der Waals surface area (Å²) in [6.07, 6.45) is 9.49. The van der Waals surface area contributed by atoms with Crippen LogP contribution in [0.2, 0.25) is 0 Å². The number of hydrogen-bond donors (Lipinski definition) is 2. The molecule has 3 fully saturated rings. The first-order valence-electron chi connectivity index (χ1n) is 20.7. The lowest BCUT2D eigenvalue weighted by molar-refractivity contribution is 0.0447. The average molecular weight is 1060 g/mol. The normalized spacial score (nSPS) is 19.4. The maximum absolute atomic E-state index is 13.4. The van der Waals surface area contributed by atoms with Crippen molar-refractivity contribution in [3.8, 4) is 0 Å². The molecule has 5 heterocycles. The first kappa shape index (κ1) is 51.4. The van der Waals surface area contributed by atoms with Gasteiger partial charge in [-0.3, -0.25) is 4.79 Å². The largest absolute Gasteiger partial charge is 0.475 e. The Morgan fingerprint density at radius 3 is 1.49 bits per heavy atom. The Morgan fingerprint density at radius 2 is 1.12 bits per heavy atom. The van der Waals surface area contributed by atoms with E-state index in [0.29, 0.717) is 46.1 Å². The topological polar surface area (TPSA) is 122 Å². The Kier molecular flexibility index (Phi) is 17.1. The Labute approximate surface area is 383 Å². The number of furan rings is 2. The fourth-order valence-electron chi connectivity index (χ4n) is 8.71. The molecule has 2 aliphatic carbocycles. The minimum atomic E-state index is -1.05. The van der Waals surface area contributed by atoms with Crippen LogP contribution in [0.25, 0.3) is 22.2 Å². The van der Waals surface area contributed by atoms with E-state index >= 15 is 0 Å². The van der Waals surface area contributed by atoms with E-state index < -0.39 is 5.97 Å². The summed E-state index contributed by atoms with van der Waals surface area (Å²) in [6.45, 7) is 28.9. The number of carbonyl (C=O) groups excluding carboxylic acids is 1. The molecule has 1 aliphatic heterocycles. The van der Waals surface area contributed by atoms with Gasteiger partial charge in [0.15, 0.2) is 16.9 Å². The zero-order chi connectivity index (χ0) is 42.3. The quantitative estimate of drug-likeness (QED) is 0.194. The van der Waals surface area contributed by atoms with Gasteiger partial charge in [-0.25, -0.2) is 14.8 Å². The lowest BCUT2D eigenvalue weighted by Gasteiger charge is -2.42. The Hall–Kier alpha value is -1.97. The van der Waals surface area contributed by atoms with Gasteiger partial charge in [0.2, 0.25) is 5.76 Å². The molecule has 330 valence electrons. The highest BCUT2D eigenvalue weighted by Gasteiger charge is 2.37. The fraction of sp³-hybridized carbons (Fsp3) is 0.660. The van der Waals surface area contributed by atoms with Crippen molar-refractivity contribution in [2.75, 3.05) is 19.6 Å². The van der Waals surface area contributed by atoms with Crippen LogP contribution in [0.5, 0.6) is 0 Å². The van der Waals surface area contributed by atoms with Crippen LogP contribution in [0, 0.1) is 10.8 Å². The number of nitrogens with one attached hydrogen (secondary N) is 1. The van der Waals surface area contributed by atoms with Crippen molar-refractivity contribution >= 4 is 83.7 Å². The van der Waals surface area contributed by atoms with E-state index in [0.717, 1.165) is 59.5 Å². The van der Waals surface area contributed by atoms with Gasteiger partial charge in [-0.15, -0.1) is 12.4 Å². The summed E-state index contributed by atoms with van der Waals surface area (Å²) in [4.78, 5) is 36.4. The van der Waals surface area contributed by atoms with E-state index in [9.17, 15) is 14.7 Å². The number of carbonyl (C=O) groups is 2. The van der Waals surface area contributed by atoms with Crippen LogP contribution in [-0.2, 0) is 10.8 Å². The highest BCUT2D eigenvalue weighted by atomic mass is 128. The highest BCUT2D eigenvalue weighted by molar-refractivity contribution is 15.0. The summed E-state index contributed by atoms with van der Waals surface area (Å²) in [5.41, 5.74) is 7.69. The third-order valence-corrected chi connectivity index (χ3v) is 12.6. The monoisotopic (exact) mass is 1060 g/mol. The second-order valence-corrected chi connectivity index (χ2v) is 21.0. The number of nitrogens with zero attached hydrogens (tertiary/aromatic N) is 3. The van der Waals surface area contributed by atoms with E-state index in [1.807, 2.05) is 11.0 Å². The zero-order valence-corrected chi connectivity index (χ0v) is 42.0. The van der Waals surface area contributed by atoms with Crippen LogP contribution >= 0.6 is 49.6 Å². The molecule has 4 aromatic rings. The molecule has 7 rings (SSSR count). The minimum absolute atomic E-state index is 0. The Morgan fingerprint density at radius 1 is 0.729 bits per heavy atom. The minimum Gasteiger partial charge on any atom is -0.475 e. The maximum Gasteiger partial charge on any atom is 0.371 e. The van der Waals surface area contributed by atoms with Crippen LogP contribution in [0.15, 0.2) is 33.1 Å². The molecule has 12 heteroatoms. The summed E-state index contributed by atoms with van der Waals surface area (Å²) in [7, 11) is 0. The number of piperazine rings is 1. The molecule has 3 aliphatic rings. The number of halogens is 3. The van der Waals surface area contributed by atoms with E-state index in [1.54, 1.807) is 6.07 Å². The van der Waals surface area contributed by atoms with Crippen LogP contribution in [0.4, 0.5) is 0 Å². The number of aromatic nitrogens is 2. The number of aromatic carboxylic acids is 1. The van der Waals surface area contributed by atoms with Crippen molar-refractivity contribution < 1.29 is 23.5 Å². The second-order valence-electron chi connectivity index (χ2n) is 21.0. The number of hydrogen-bond acceptors (Lipinski definition) is 7. The number of carboxylic acid groups (broad SMARTS) is 1. The molecule has 0 bridgehead atoms. The molecule has 2 saturated carbocycles. The van der Waals surface area contributed by atoms with Gasteiger partial charge in [-0.1, -0.05) is 76.7 Å². The zero-order valence-electron chi connectivity index (χ0n) is 36.8. The van der Waals surface area contributed by atoms with Crippen molar-refractivity contribution in [2.24, 2.45) is 10.8 Å². The molecule has 1 saturated heterocycles. The van der Waals surface area contributed by atoms with Gasteiger partial charge >= 0.3 is 5.97 Å². The summed E-state index contributed by atoms with van der Waals surface area (Å²) in [6, 6.07) is 7.82. The van der Waals surface area contributed by atoms with Gasteiger partial charge in [-0.2, -0.15) is 0 Å². The summed E-state index contributed by atoms with van der Waals surface area (Å²) in [5, 5.41) is 12.6. The lowest BCUT2D eigenvalue weighted by atomic mass is 9.72. The Balaban J connectivity index is 0.000000301. The molecule has 0 aromatic carbocycles. The van der Waals surface area contributed by atoms with Crippen molar-refractivity contribution in [1.82, 2.24) is 20.2 Å². The van der Waals surface area contributed by atoms with Gasteiger partial charge in [0, 0.05) is 103 Å². The van der Waals surface area contributed by atoms with E-state index in [-0.39, 0.29) is 47.9 Å². The van der Waals surface area contributed by atoms with Gasteiger partial charge in [0.25, 0.3) is 5.91 Å².